The molecule has 0 bridgehead atoms. The quantitative estimate of drug-likeness (QED) is 0.733. The molecule has 5 nitrogen and oxygen atoms in total. The Morgan fingerprint density at radius 3 is 2.70 bits per heavy atom. The van der Waals surface area contributed by atoms with Gasteiger partial charge in [-0.25, -0.2) is 4.79 Å². The van der Waals surface area contributed by atoms with E-state index in [9.17, 15) is 4.79 Å². The van der Waals surface area contributed by atoms with Crippen LogP contribution in [0.15, 0.2) is 35.9 Å². The summed E-state index contributed by atoms with van der Waals surface area (Å²) in [5.74, 6) is 0. The Bertz CT molecular complexity index is 649. The lowest BCUT2D eigenvalue weighted by Crippen LogP contribution is -2.45. The molecule has 1 aromatic rings. The van der Waals surface area contributed by atoms with Gasteiger partial charge in [0, 0.05) is 31.9 Å². The maximum atomic E-state index is 12.3. The lowest BCUT2D eigenvalue weighted by molar-refractivity contribution is -0.0704. The van der Waals surface area contributed by atoms with Crippen LogP contribution in [0.4, 0.5) is 10.5 Å². The summed E-state index contributed by atoms with van der Waals surface area (Å²) in [6.45, 7) is 7.57. The molecular weight excluding hydrogens is 338 g/mol. The SMILES string of the molecule is CC1CN(Cc2ccccc2NC(=O)NCCC2=CCCCC2)CC(C)O1. The minimum Gasteiger partial charge on any atom is -0.373 e. The summed E-state index contributed by atoms with van der Waals surface area (Å²) in [5.41, 5.74) is 3.51. The van der Waals surface area contributed by atoms with Crippen LogP contribution in [0.1, 0.15) is 51.5 Å². The number of nitrogens with zero attached hydrogens (tertiary/aromatic N) is 1. The van der Waals surface area contributed by atoms with Crippen LogP contribution in [0, 0.1) is 0 Å². The van der Waals surface area contributed by atoms with Gasteiger partial charge in [0.2, 0.25) is 0 Å². The van der Waals surface area contributed by atoms with Gasteiger partial charge < -0.3 is 15.4 Å². The van der Waals surface area contributed by atoms with Crippen LogP contribution in [-0.2, 0) is 11.3 Å². The van der Waals surface area contributed by atoms with Crippen LogP contribution >= 0.6 is 0 Å². The van der Waals surface area contributed by atoms with Gasteiger partial charge in [0.15, 0.2) is 0 Å². The van der Waals surface area contributed by atoms with Crippen molar-refractivity contribution in [2.75, 3.05) is 25.0 Å². The van der Waals surface area contributed by atoms with Crippen LogP contribution in [-0.4, -0.2) is 42.8 Å². The van der Waals surface area contributed by atoms with Crippen molar-refractivity contribution >= 4 is 11.7 Å². The summed E-state index contributed by atoms with van der Waals surface area (Å²) in [7, 11) is 0. The number of rotatable bonds is 6. The fourth-order valence-electron chi connectivity index (χ4n) is 4.07. The Kier molecular flexibility index (Phi) is 7.30. The normalized spacial score (nSPS) is 23.6. The second-order valence-corrected chi connectivity index (χ2v) is 7.85. The zero-order valence-electron chi connectivity index (χ0n) is 16.7. The highest BCUT2D eigenvalue weighted by atomic mass is 16.5. The lowest BCUT2D eigenvalue weighted by Gasteiger charge is -2.35. The van der Waals surface area contributed by atoms with E-state index in [1.807, 2.05) is 18.2 Å². The molecule has 0 aromatic heterocycles. The summed E-state index contributed by atoms with van der Waals surface area (Å²) in [6.07, 6.45) is 8.73. The van der Waals surface area contributed by atoms with Crippen LogP contribution in [0.5, 0.6) is 0 Å². The molecule has 1 saturated heterocycles. The third-order valence-corrected chi connectivity index (χ3v) is 5.27. The van der Waals surface area contributed by atoms with Gasteiger partial charge in [-0.15, -0.1) is 0 Å². The van der Waals surface area contributed by atoms with Crippen molar-refractivity contribution in [3.05, 3.63) is 41.5 Å². The molecule has 0 spiro atoms. The van der Waals surface area contributed by atoms with Crippen molar-refractivity contribution < 1.29 is 9.53 Å². The molecule has 0 saturated carbocycles. The first-order valence-corrected chi connectivity index (χ1v) is 10.3. The highest BCUT2D eigenvalue weighted by molar-refractivity contribution is 5.90. The third-order valence-electron chi connectivity index (χ3n) is 5.27. The second-order valence-electron chi connectivity index (χ2n) is 7.85. The molecule has 2 atom stereocenters. The lowest BCUT2D eigenvalue weighted by atomic mass is 9.97. The van der Waals surface area contributed by atoms with E-state index in [0.717, 1.165) is 37.3 Å². The van der Waals surface area contributed by atoms with E-state index < -0.39 is 0 Å². The van der Waals surface area contributed by atoms with Gasteiger partial charge in [-0.05, 0) is 57.6 Å². The summed E-state index contributed by atoms with van der Waals surface area (Å²) < 4.78 is 5.82. The van der Waals surface area contributed by atoms with Crippen molar-refractivity contribution in [1.29, 1.82) is 0 Å². The minimum atomic E-state index is -0.123. The molecule has 1 heterocycles. The Morgan fingerprint density at radius 2 is 1.96 bits per heavy atom. The number of ether oxygens (including phenoxy) is 1. The van der Waals surface area contributed by atoms with E-state index in [1.165, 1.54) is 31.3 Å². The van der Waals surface area contributed by atoms with Crippen LogP contribution < -0.4 is 10.6 Å². The number of benzene rings is 1. The predicted octanol–water partition coefficient (Wildman–Crippen LogP) is 4.31. The molecule has 2 amide bonds. The molecule has 3 rings (SSSR count). The van der Waals surface area contributed by atoms with E-state index in [0.29, 0.717) is 6.54 Å². The summed E-state index contributed by atoms with van der Waals surface area (Å²) in [5, 5.41) is 6.03. The van der Waals surface area contributed by atoms with E-state index in [-0.39, 0.29) is 18.2 Å². The first kappa shape index (κ1) is 19.9. The molecule has 1 fully saturated rings. The first-order valence-electron chi connectivity index (χ1n) is 10.3. The van der Waals surface area contributed by atoms with E-state index >= 15 is 0 Å². The van der Waals surface area contributed by atoms with Crippen molar-refractivity contribution in [2.24, 2.45) is 0 Å². The van der Waals surface area contributed by atoms with Crippen LogP contribution in [0.3, 0.4) is 0 Å². The third kappa shape index (κ3) is 6.36. The smallest absolute Gasteiger partial charge is 0.319 e. The Hall–Kier alpha value is -1.85. The van der Waals surface area contributed by atoms with Crippen LogP contribution in [0.2, 0.25) is 0 Å². The number of allylic oxidation sites excluding steroid dienone is 1. The monoisotopic (exact) mass is 371 g/mol. The maximum absolute atomic E-state index is 12.3. The van der Waals surface area contributed by atoms with Gasteiger partial charge in [0.25, 0.3) is 0 Å². The van der Waals surface area contributed by atoms with Crippen molar-refractivity contribution in [2.45, 2.75) is 64.7 Å². The van der Waals surface area contributed by atoms with Crippen LogP contribution in [0.25, 0.3) is 0 Å². The number of morpholine rings is 1. The maximum Gasteiger partial charge on any atom is 0.319 e. The van der Waals surface area contributed by atoms with Crippen molar-refractivity contribution in [1.82, 2.24) is 10.2 Å². The summed E-state index contributed by atoms with van der Waals surface area (Å²) >= 11 is 0. The van der Waals surface area contributed by atoms with Gasteiger partial charge in [-0.3, -0.25) is 4.90 Å². The summed E-state index contributed by atoms with van der Waals surface area (Å²) in [6, 6.07) is 7.94. The van der Waals surface area contributed by atoms with Gasteiger partial charge in [-0.2, -0.15) is 0 Å². The van der Waals surface area contributed by atoms with Gasteiger partial charge in [0.05, 0.1) is 12.2 Å². The topological polar surface area (TPSA) is 53.6 Å². The summed E-state index contributed by atoms with van der Waals surface area (Å²) in [4.78, 5) is 14.7. The van der Waals surface area contributed by atoms with Crippen molar-refractivity contribution in [3.63, 3.8) is 0 Å². The molecule has 27 heavy (non-hydrogen) atoms. The standard InChI is InChI=1S/C22H33N3O2/c1-17-14-25(15-18(2)27-17)16-20-10-6-7-11-21(20)24-22(26)23-13-12-19-8-4-3-5-9-19/h6-8,10-11,17-18H,3-5,9,12-16H2,1-2H3,(H2,23,24,26). The number of hydrogen-bond donors (Lipinski definition) is 2. The molecule has 1 aliphatic heterocycles. The fourth-order valence-corrected chi connectivity index (χ4v) is 4.07. The zero-order valence-corrected chi connectivity index (χ0v) is 16.7. The molecule has 2 aliphatic rings. The number of hydrogen-bond acceptors (Lipinski definition) is 3. The molecular formula is C22H33N3O2. The Morgan fingerprint density at radius 1 is 1.19 bits per heavy atom. The highest BCUT2D eigenvalue weighted by Gasteiger charge is 2.22. The average molecular weight is 372 g/mol. The largest absolute Gasteiger partial charge is 0.373 e. The second kappa shape index (κ2) is 9.90. The molecule has 0 radical (unpaired) electrons. The van der Waals surface area contributed by atoms with E-state index in [4.69, 9.17) is 4.74 Å². The zero-order chi connectivity index (χ0) is 19.1. The Labute approximate surface area is 163 Å². The average Bonchev–Trinajstić information content (AvgIpc) is 2.63. The number of carbonyl (C=O) groups is 1. The minimum absolute atomic E-state index is 0.123. The van der Waals surface area contributed by atoms with Gasteiger partial charge >= 0.3 is 6.03 Å². The number of nitrogens with one attached hydrogen (secondary N) is 2. The van der Waals surface area contributed by atoms with E-state index in [2.05, 4.69) is 41.5 Å². The van der Waals surface area contributed by atoms with Gasteiger partial charge in [0.1, 0.15) is 0 Å². The van der Waals surface area contributed by atoms with Crippen molar-refractivity contribution in [3.8, 4) is 0 Å². The molecule has 1 aliphatic carbocycles. The number of para-hydroxylation sites is 1. The first-order chi connectivity index (χ1) is 13.1. The van der Waals surface area contributed by atoms with Gasteiger partial charge in [-0.1, -0.05) is 29.8 Å². The number of anilines is 1. The highest BCUT2D eigenvalue weighted by Crippen LogP contribution is 2.21. The predicted molar refractivity (Wildman–Crippen MR) is 110 cm³/mol. The van der Waals surface area contributed by atoms with E-state index in [1.54, 1.807) is 0 Å². The molecule has 2 N–H and O–H groups in total. The molecule has 2 unspecified atom stereocenters. The molecule has 1 aromatic carbocycles. The Balaban J connectivity index is 1.50. The number of urea groups is 1. The fraction of sp³-hybridized carbons (Fsp3) is 0.591. The molecule has 148 valence electrons. The number of amides is 2. The molecule has 5 heteroatoms. The number of carbonyl (C=O) groups excluding carboxylic acids is 1.